The van der Waals surface area contributed by atoms with Crippen LogP contribution in [0.5, 0.6) is 0 Å². The summed E-state index contributed by atoms with van der Waals surface area (Å²) in [6.45, 7) is 0. The van der Waals surface area contributed by atoms with Gasteiger partial charge in [-0.1, -0.05) is 176 Å². The van der Waals surface area contributed by atoms with Gasteiger partial charge < -0.3 is 0 Å². The smallest absolute Gasteiger partial charge is 0.00201 e. The molecule has 10 aromatic rings. The van der Waals surface area contributed by atoms with Crippen molar-refractivity contribution >= 4 is 64.6 Å². The van der Waals surface area contributed by atoms with Crippen molar-refractivity contribution in [3.8, 4) is 33.4 Å². The van der Waals surface area contributed by atoms with Crippen molar-refractivity contribution in [2.24, 2.45) is 0 Å². The molecule has 0 aliphatic heterocycles. The molecule has 0 amide bonds. The molecule has 0 aromatic heterocycles. The van der Waals surface area contributed by atoms with Gasteiger partial charge >= 0.3 is 0 Å². The van der Waals surface area contributed by atoms with Gasteiger partial charge in [0.05, 0.1) is 0 Å². The first-order valence-electron chi connectivity index (χ1n) is 16.7. The van der Waals surface area contributed by atoms with Crippen LogP contribution < -0.4 is 0 Å². The van der Waals surface area contributed by atoms with Gasteiger partial charge in [0.2, 0.25) is 0 Å². The first-order valence-corrected chi connectivity index (χ1v) is 16.7. The molecule has 0 N–H and O–H groups in total. The summed E-state index contributed by atoms with van der Waals surface area (Å²) in [4.78, 5) is 0. The third-order valence-corrected chi connectivity index (χ3v) is 10.2. The van der Waals surface area contributed by atoms with E-state index in [1.807, 2.05) is 0 Å². The normalized spacial score (nSPS) is 11.8. The van der Waals surface area contributed by atoms with Crippen LogP contribution in [0.2, 0.25) is 0 Å². The molecule has 0 saturated heterocycles. The maximum atomic E-state index is 2.35. The lowest BCUT2D eigenvalue weighted by Crippen LogP contribution is -1.93. The molecule has 0 saturated carbocycles. The summed E-state index contributed by atoms with van der Waals surface area (Å²) in [6.07, 6.45) is 0. The van der Waals surface area contributed by atoms with Crippen molar-refractivity contribution in [1.82, 2.24) is 0 Å². The molecule has 0 aliphatic rings. The summed E-state index contributed by atoms with van der Waals surface area (Å²) in [6, 6.07) is 67.1. The highest BCUT2D eigenvalue weighted by Crippen LogP contribution is 2.48. The molecule has 48 heavy (non-hydrogen) atoms. The Balaban J connectivity index is 1.28. The van der Waals surface area contributed by atoms with E-state index < -0.39 is 0 Å². The lowest BCUT2D eigenvalue weighted by molar-refractivity contribution is 1.66. The van der Waals surface area contributed by atoms with Gasteiger partial charge in [0.25, 0.3) is 0 Å². The summed E-state index contributed by atoms with van der Waals surface area (Å²) in [5, 5.41) is 15.3. The Bertz CT molecular complexity index is 2830. The molecule has 0 atom stereocenters. The fourth-order valence-electron chi connectivity index (χ4n) is 8.09. The summed E-state index contributed by atoms with van der Waals surface area (Å²) in [5.74, 6) is 0. The van der Waals surface area contributed by atoms with Crippen LogP contribution in [0.4, 0.5) is 0 Å². The molecule has 0 bridgehead atoms. The third-order valence-electron chi connectivity index (χ3n) is 10.2. The van der Waals surface area contributed by atoms with E-state index in [0.29, 0.717) is 0 Å². The molecular formula is C48H30. The number of fused-ring (bicyclic) bond motifs is 7. The Kier molecular flexibility index (Phi) is 5.98. The SMILES string of the molecule is c1ccc2cc(-c3ccc(-c4c5ccccc5c(-c5cccc6c5ccc5ccccc56)c5ccccc45)c4ccccc34)ccc2c1. The molecule has 222 valence electrons. The molecule has 0 heterocycles. The fraction of sp³-hybridized carbons (Fsp3) is 0. The van der Waals surface area contributed by atoms with Crippen LogP contribution in [0.25, 0.3) is 98.0 Å². The monoisotopic (exact) mass is 606 g/mol. The van der Waals surface area contributed by atoms with Crippen molar-refractivity contribution in [3.63, 3.8) is 0 Å². The van der Waals surface area contributed by atoms with E-state index in [1.54, 1.807) is 0 Å². The second kappa shape index (κ2) is 10.7. The average molecular weight is 607 g/mol. The Morgan fingerprint density at radius 3 is 1.31 bits per heavy atom. The van der Waals surface area contributed by atoms with Gasteiger partial charge in [0.15, 0.2) is 0 Å². The zero-order chi connectivity index (χ0) is 31.6. The molecule has 0 nitrogen and oxygen atoms in total. The predicted molar refractivity (Wildman–Crippen MR) is 208 cm³/mol. The molecule has 0 unspecified atom stereocenters. The minimum Gasteiger partial charge on any atom is -0.0616 e. The molecule has 10 rings (SSSR count). The first-order chi connectivity index (χ1) is 23.8. The van der Waals surface area contributed by atoms with Crippen molar-refractivity contribution in [1.29, 1.82) is 0 Å². The summed E-state index contributed by atoms with van der Waals surface area (Å²) in [5.41, 5.74) is 7.62. The molecule has 10 aromatic carbocycles. The topological polar surface area (TPSA) is 0 Å². The quantitative estimate of drug-likeness (QED) is 0.139. The number of benzene rings is 10. The van der Waals surface area contributed by atoms with Gasteiger partial charge in [0.1, 0.15) is 0 Å². The fourth-order valence-corrected chi connectivity index (χ4v) is 8.09. The van der Waals surface area contributed by atoms with Gasteiger partial charge in [-0.3, -0.25) is 0 Å². The van der Waals surface area contributed by atoms with Crippen molar-refractivity contribution in [3.05, 3.63) is 182 Å². The highest BCUT2D eigenvalue weighted by atomic mass is 14.2. The largest absolute Gasteiger partial charge is 0.0616 e. The van der Waals surface area contributed by atoms with Crippen LogP contribution >= 0.6 is 0 Å². The second-order valence-electron chi connectivity index (χ2n) is 12.8. The first kappa shape index (κ1) is 26.9. The lowest BCUT2D eigenvalue weighted by atomic mass is 9.82. The Morgan fingerprint density at radius 1 is 0.208 bits per heavy atom. The van der Waals surface area contributed by atoms with Crippen LogP contribution in [0, 0.1) is 0 Å². The van der Waals surface area contributed by atoms with Crippen molar-refractivity contribution in [2.75, 3.05) is 0 Å². The molecular weight excluding hydrogens is 577 g/mol. The highest BCUT2D eigenvalue weighted by Gasteiger charge is 2.20. The van der Waals surface area contributed by atoms with E-state index in [1.165, 1.54) is 98.0 Å². The number of hydrogen-bond donors (Lipinski definition) is 0. The minimum atomic E-state index is 1.24. The van der Waals surface area contributed by atoms with Crippen molar-refractivity contribution < 1.29 is 0 Å². The zero-order valence-corrected chi connectivity index (χ0v) is 26.3. The Labute approximate surface area is 279 Å². The van der Waals surface area contributed by atoms with Crippen LogP contribution in [0.15, 0.2) is 182 Å². The van der Waals surface area contributed by atoms with E-state index >= 15 is 0 Å². The maximum absolute atomic E-state index is 2.35. The molecule has 0 heteroatoms. The summed E-state index contributed by atoms with van der Waals surface area (Å²) in [7, 11) is 0. The predicted octanol–water partition coefficient (Wildman–Crippen LogP) is 13.6. The van der Waals surface area contributed by atoms with Gasteiger partial charge in [-0.25, -0.2) is 0 Å². The van der Waals surface area contributed by atoms with Crippen LogP contribution in [0.1, 0.15) is 0 Å². The van der Waals surface area contributed by atoms with Crippen LogP contribution in [-0.4, -0.2) is 0 Å². The van der Waals surface area contributed by atoms with E-state index in [0.717, 1.165) is 0 Å². The van der Waals surface area contributed by atoms with E-state index in [4.69, 9.17) is 0 Å². The van der Waals surface area contributed by atoms with E-state index in [9.17, 15) is 0 Å². The Hall–Kier alpha value is -6.24. The average Bonchev–Trinajstić information content (AvgIpc) is 3.16. The van der Waals surface area contributed by atoms with Gasteiger partial charge in [-0.2, -0.15) is 0 Å². The number of hydrogen-bond acceptors (Lipinski definition) is 0. The second-order valence-corrected chi connectivity index (χ2v) is 12.8. The summed E-state index contributed by atoms with van der Waals surface area (Å²) < 4.78 is 0. The van der Waals surface area contributed by atoms with Crippen LogP contribution in [-0.2, 0) is 0 Å². The van der Waals surface area contributed by atoms with Crippen LogP contribution in [0.3, 0.4) is 0 Å². The molecule has 0 fully saturated rings. The van der Waals surface area contributed by atoms with Gasteiger partial charge in [-0.15, -0.1) is 0 Å². The van der Waals surface area contributed by atoms with E-state index in [-0.39, 0.29) is 0 Å². The summed E-state index contributed by atoms with van der Waals surface area (Å²) >= 11 is 0. The standard InChI is InChI=1S/C48H30/c1-2-14-33-30-34(25-24-31(33)12-1)36-28-29-46(39-17-6-5-16-37(36)39)48-44-20-9-7-18-42(44)47(43-19-8-10-21-45(43)48)41-23-11-22-38-35-15-4-3-13-32(35)26-27-40(38)41/h1-30H. The highest BCUT2D eigenvalue weighted by molar-refractivity contribution is 6.26. The van der Waals surface area contributed by atoms with Crippen molar-refractivity contribution in [2.45, 2.75) is 0 Å². The maximum Gasteiger partial charge on any atom is -0.00201 e. The lowest BCUT2D eigenvalue weighted by Gasteiger charge is -2.20. The zero-order valence-electron chi connectivity index (χ0n) is 26.3. The third kappa shape index (κ3) is 4.03. The Morgan fingerprint density at radius 2 is 0.646 bits per heavy atom. The van der Waals surface area contributed by atoms with Gasteiger partial charge in [0, 0.05) is 0 Å². The molecule has 0 spiro atoms. The number of rotatable bonds is 3. The molecule has 0 radical (unpaired) electrons. The van der Waals surface area contributed by atoms with Gasteiger partial charge in [-0.05, 0) is 104 Å². The molecule has 0 aliphatic carbocycles. The van der Waals surface area contributed by atoms with E-state index in [2.05, 4.69) is 182 Å². The minimum absolute atomic E-state index is 1.24.